The average Bonchev–Trinajstić information content (AvgIpc) is 3.26. The Labute approximate surface area is 143 Å². The van der Waals surface area contributed by atoms with Gasteiger partial charge in [0.25, 0.3) is 0 Å². The van der Waals surface area contributed by atoms with Gasteiger partial charge in [-0.25, -0.2) is 24.5 Å². The molecule has 0 unspecified atom stereocenters. The van der Waals surface area contributed by atoms with Crippen molar-refractivity contribution in [3.63, 3.8) is 0 Å². The molecule has 4 aromatic rings. The van der Waals surface area contributed by atoms with Crippen LogP contribution in [0.2, 0.25) is 0 Å². The molecule has 0 saturated heterocycles. The Morgan fingerprint density at radius 2 is 2.08 bits per heavy atom. The van der Waals surface area contributed by atoms with E-state index in [2.05, 4.69) is 32.0 Å². The lowest BCUT2D eigenvalue weighted by Crippen LogP contribution is -2.09. The maximum atomic E-state index is 13.4. The molecular weight excluding hydrogens is 321 g/mol. The smallest absolute Gasteiger partial charge is 0.213 e. The first-order valence-electron chi connectivity index (χ1n) is 8.06. The second kappa shape index (κ2) is 6.39. The highest BCUT2D eigenvalue weighted by Crippen LogP contribution is 2.19. The second-order valence-corrected chi connectivity index (χ2v) is 5.67. The Morgan fingerprint density at radius 3 is 2.92 bits per heavy atom. The van der Waals surface area contributed by atoms with E-state index in [1.807, 2.05) is 10.8 Å². The molecule has 0 amide bonds. The lowest BCUT2D eigenvalue weighted by Gasteiger charge is -2.11. The number of aryl methyl sites for hydroxylation is 1. The Hall–Kier alpha value is -3.16. The van der Waals surface area contributed by atoms with E-state index in [0.29, 0.717) is 18.1 Å². The predicted octanol–water partition coefficient (Wildman–Crippen LogP) is 2.52. The van der Waals surface area contributed by atoms with Gasteiger partial charge in [-0.3, -0.25) is 0 Å². The average molecular weight is 337 g/mol. The van der Waals surface area contributed by atoms with E-state index in [4.69, 9.17) is 0 Å². The van der Waals surface area contributed by atoms with Gasteiger partial charge in [-0.15, -0.1) is 0 Å². The van der Waals surface area contributed by atoms with E-state index in [1.165, 1.54) is 12.4 Å². The molecule has 0 bridgehead atoms. The zero-order valence-electron chi connectivity index (χ0n) is 13.7. The van der Waals surface area contributed by atoms with Crippen molar-refractivity contribution in [2.75, 3.05) is 0 Å². The van der Waals surface area contributed by atoms with Gasteiger partial charge in [0.1, 0.15) is 18.3 Å². The van der Waals surface area contributed by atoms with E-state index in [0.717, 1.165) is 29.7 Å². The highest BCUT2D eigenvalue weighted by Gasteiger charge is 2.14. The van der Waals surface area contributed by atoms with Gasteiger partial charge in [0.05, 0.1) is 12.2 Å². The Morgan fingerprint density at radius 1 is 1.16 bits per heavy atom. The first-order valence-corrected chi connectivity index (χ1v) is 8.06. The fraction of sp³-hybridized carbons (Fsp3) is 0.235. The van der Waals surface area contributed by atoms with Gasteiger partial charge < -0.3 is 4.57 Å². The number of aromatic nitrogens is 7. The number of hydrogen-bond donors (Lipinski definition) is 0. The third-order valence-electron chi connectivity index (χ3n) is 3.99. The summed E-state index contributed by atoms with van der Waals surface area (Å²) in [4.78, 5) is 17.1. The molecule has 0 spiro atoms. The molecule has 0 aliphatic heterocycles. The first-order chi connectivity index (χ1) is 12.3. The molecule has 4 heterocycles. The number of rotatable bonds is 5. The topological polar surface area (TPSA) is 73.8 Å². The molecule has 126 valence electrons. The predicted molar refractivity (Wildman–Crippen MR) is 89.3 cm³/mol. The molecule has 0 aliphatic carbocycles. The summed E-state index contributed by atoms with van der Waals surface area (Å²) < 4.78 is 17.0. The van der Waals surface area contributed by atoms with E-state index < -0.39 is 5.95 Å². The van der Waals surface area contributed by atoms with Crippen LogP contribution in [0.3, 0.4) is 0 Å². The summed E-state index contributed by atoms with van der Waals surface area (Å²) in [6, 6.07) is 4.68. The van der Waals surface area contributed by atoms with E-state index >= 15 is 0 Å². The maximum Gasteiger partial charge on any atom is 0.213 e. The van der Waals surface area contributed by atoms with Gasteiger partial charge in [0, 0.05) is 18.0 Å². The van der Waals surface area contributed by atoms with Gasteiger partial charge in [-0.05, 0) is 18.6 Å². The van der Waals surface area contributed by atoms with Crippen LogP contribution in [0.15, 0.2) is 43.2 Å². The van der Waals surface area contributed by atoms with Gasteiger partial charge >= 0.3 is 0 Å². The number of nitrogens with zero attached hydrogens (tertiary/aromatic N) is 7. The minimum absolute atomic E-state index is 0.491. The molecule has 4 rings (SSSR count). The molecule has 4 aromatic heterocycles. The Bertz CT molecular complexity index is 1020. The van der Waals surface area contributed by atoms with Crippen molar-refractivity contribution in [3.05, 3.63) is 60.5 Å². The zero-order valence-corrected chi connectivity index (χ0v) is 13.7. The molecule has 0 N–H and O–H groups in total. The molecule has 0 atom stereocenters. The van der Waals surface area contributed by atoms with Crippen molar-refractivity contribution in [3.8, 4) is 11.5 Å². The molecule has 7 nitrogen and oxygen atoms in total. The number of fused-ring (bicyclic) bond motifs is 1. The number of pyridine rings is 1. The van der Waals surface area contributed by atoms with Crippen LogP contribution in [-0.2, 0) is 13.0 Å². The summed E-state index contributed by atoms with van der Waals surface area (Å²) in [6.07, 6.45) is 8.54. The van der Waals surface area contributed by atoms with Crippen LogP contribution in [0.1, 0.15) is 24.6 Å². The Kier molecular flexibility index (Phi) is 3.93. The third kappa shape index (κ3) is 2.86. The molecular formula is C17H16FN7. The lowest BCUT2D eigenvalue weighted by atomic mass is 10.1. The summed E-state index contributed by atoms with van der Waals surface area (Å²) in [6.45, 7) is 2.62. The van der Waals surface area contributed by atoms with Gasteiger partial charge in [0.2, 0.25) is 5.95 Å². The normalized spacial score (nSPS) is 11.3. The van der Waals surface area contributed by atoms with E-state index in [9.17, 15) is 4.39 Å². The zero-order chi connectivity index (χ0) is 17.2. The van der Waals surface area contributed by atoms with E-state index in [-0.39, 0.29) is 0 Å². The quantitative estimate of drug-likeness (QED) is 0.523. The Balaban J connectivity index is 1.75. The summed E-state index contributed by atoms with van der Waals surface area (Å²) in [5.74, 6) is 0.0758. The second-order valence-electron chi connectivity index (χ2n) is 5.67. The molecule has 0 radical (unpaired) electrons. The van der Waals surface area contributed by atoms with Crippen LogP contribution in [0, 0.1) is 5.95 Å². The van der Waals surface area contributed by atoms with Crippen molar-refractivity contribution in [1.29, 1.82) is 0 Å². The van der Waals surface area contributed by atoms with Crippen LogP contribution < -0.4 is 0 Å². The molecule has 25 heavy (non-hydrogen) atoms. The summed E-state index contributed by atoms with van der Waals surface area (Å²) in [5, 5.41) is 4.15. The molecule has 0 saturated carbocycles. The van der Waals surface area contributed by atoms with Gasteiger partial charge in [-0.1, -0.05) is 19.4 Å². The van der Waals surface area contributed by atoms with Crippen LogP contribution in [-0.4, -0.2) is 34.1 Å². The van der Waals surface area contributed by atoms with Crippen molar-refractivity contribution < 1.29 is 4.39 Å². The van der Waals surface area contributed by atoms with Gasteiger partial charge in [0.15, 0.2) is 11.5 Å². The van der Waals surface area contributed by atoms with Crippen molar-refractivity contribution in [2.24, 2.45) is 0 Å². The number of hydrogen-bond acceptors (Lipinski definition) is 5. The number of halogens is 1. The summed E-state index contributed by atoms with van der Waals surface area (Å²) >= 11 is 0. The highest BCUT2D eigenvalue weighted by molar-refractivity contribution is 5.51. The van der Waals surface area contributed by atoms with Crippen LogP contribution in [0.5, 0.6) is 0 Å². The molecule has 8 heteroatoms. The summed E-state index contributed by atoms with van der Waals surface area (Å²) in [7, 11) is 0. The van der Waals surface area contributed by atoms with Crippen molar-refractivity contribution >= 4 is 5.65 Å². The third-order valence-corrected chi connectivity index (χ3v) is 3.99. The van der Waals surface area contributed by atoms with Crippen LogP contribution >= 0.6 is 0 Å². The van der Waals surface area contributed by atoms with Gasteiger partial charge in [-0.2, -0.15) is 9.49 Å². The van der Waals surface area contributed by atoms with E-state index in [1.54, 1.807) is 29.2 Å². The van der Waals surface area contributed by atoms with Crippen molar-refractivity contribution in [1.82, 2.24) is 34.1 Å². The summed E-state index contributed by atoms with van der Waals surface area (Å²) in [5.41, 5.74) is 3.27. The largest absolute Gasteiger partial charge is 0.324 e. The molecule has 0 aliphatic rings. The standard InChI is InChI=1S/C17H16FN7/c1-2-4-12-14(21-11-25-16(12)20-10-22-25)9-24-8-7-19-17(24)13-5-3-6-15(18)23-13/h3,5-8,10-11H,2,4,9H2,1H3. The molecule has 0 fully saturated rings. The lowest BCUT2D eigenvalue weighted by molar-refractivity contribution is 0.584. The monoisotopic (exact) mass is 337 g/mol. The SMILES string of the molecule is CCCc1c(Cn2ccnc2-c2cccc(F)n2)ncn2ncnc12. The first kappa shape index (κ1) is 15.4. The fourth-order valence-electron chi connectivity index (χ4n) is 2.89. The van der Waals surface area contributed by atoms with Crippen LogP contribution in [0.4, 0.5) is 4.39 Å². The molecule has 0 aromatic carbocycles. The highest BCUT2D eigenvalue weighted by atomic mass is 19.1. The van der Waals surface area contributed by atoms with Crippen molar-refractivity contribution in [2.45, 2.75) is 26.3 Å². The maximum absolute atomic E-state index is 13.4. The minimum Gasteiger partial charge on any atom is -0.324 e. The fourth-order valence-corrected chi connectivity index (χ4v) is 2.89. The van der Waals surface area contributed by atoms with Crippen LogP contribution in [0.25, 0.3) is 17.2 Å². The minimum atomic E-state index is -0.526. The number of imidazole rings is 1.